The first-order valence-electron chi connectivity index (χ1n) is 29.2. The van der Waals surface area contributed by atoms with Crippen molar-refractivity contribution in [3.8, 4) is 0 Å². The van der Waals surface area contributed by atoms with Crippen LogP contribution in [0.5, 0.6) is 0 Å². The molecule has 3 heterocycles. The molecule has 87 heavy (non-hydrogen) atoms. The average Bonchev–Trinajstić information content (AvgIpc) is 3.63. The standard InChI is InChI=1S/2C19H31N5O4S.C19H29N5O4S/c3*1-7-12(5)16(22-23-20)18(26)24(6)14(11(3)4)9-15(25)17-21-13(10-29-17)19(27)28-8-2/h2*10-12,14-16,25H,7-9H2,1-6H3;10-12,14,16H,7-9H2,1-6H3/t12?,14-,15+,16-;12?,14-,15-,16+;12?,14?,16-/m010/s1. The Kier molecular flexibility index (Phi) is 35.9. The van der Waals surface area contributed by atoms with Gasteiger partial charge < -0.3 is 39.1 Å². The molecule has 4 unspecified atom stereocenters. The minimum Gasteiger partial charge on any atom is -0.461 e. The molecule has 2 N–H and O–H groups in total. The summed E-state index contributed by atoms with van der Waals surface area (Å²) in [5, 5.41) is 38.0. The quantitative estimate of drug-likeness (QED) is 0.0143. The lowest BCUT2D eigenvalue weighted by molar-refractivity contribution is -0.136. The molecule has 3 amide bonds. The molecule has 0 aliphatic carbocycles. The maximum atomic E-state index is 13.0. The third kappa shape index (κ3) is 24.0. The summed E-state index contributed by atoms with van der Waals surface area (Å²) in [5.74, 6) is -2.95. The molecule has 0 radical (unpaired) electrons. The van der Waals surface area contributed by atoms with E-state index in [-0.39, 0.29) is 132 Å². The molecular weight excluding hydrogens is 1180 g/mol. The van der Waals surface area contributed by atoms with Crippen LogP contribution in [0.15, 0.2) is 31.5 Å². The number of esters is 3. The van der Waals surface area contributed by atoms with Gasteiger partial charge in [0.1, 0.15) is 40.3 Å². The molecule has 3 rings (SSSR count). The summed E-state index contributed by atoms with van der Waals surface area (Å²) in [6, 6.07) is -3.39. The molecule has 0 aliphatic heterocycles. The molecule has 0 aromatic carbocycles. The fourth-order valence-corrected chi connectivity index (χ4v) is 11.2. The van der Waals surface area contributed by atoms with Gasteiger partial charge in [0.05, 0.1) is 19.8 Å². The number of nitrogens with zero attached hydrogens (tertiary/aromatic N) is 15. The van der Waals surface area contributed by atoms with E-state index in [0.717, 1.165) is 11.3 Å². The monoisotopic (exact) mass is 1270 g/mol. The van der Waals surface area contributed by atoms with Crippen molar-refractivity contribution < 1.29 is 58.0 Å². The predicted molar refractivity (Wildman–Crippen MR) is 334 cm³/mol. The van der Waals surface area contributed by atoms with Gasteiger partial charge in [0.15, 0.2) is 27.9 Å². The number of amides is 3. The Hall–Kier alpha value is -6.77. The number of Topliss-reactive ketones (excluding diaryl/α,β-unsaturated/α-hetero) is 1. The number of ketones is 1. The first kappa shape index (κ1) is 78.2. The van der Waals surface area contributed by atoms with Crippen LogP contribution in [0, 0.1) is 35.5 Å². The zero-order chi connectivity index (χ0) is 66.4. The molecule has 3 aromatic rings. The van der Waals surface area contributed by atoms with Gasteiger partial charge in [0.2, 0.25) is 17.7 Å². The Balaban J connectivity index is 0.000000652. The van der Waals surface area contributed by atoms with E-state index in [4.69, 9.17) is 30.8 Å². The maximum absolute atomic E-state index is 13.0. The number of aliphatic hydroxyl groups excluding tert-OH is 2. The number of hydrogen-bond acceptors (Lipinski definition) is 21. The topological polar surface area (TPSA) is 382 Å². The average molecular weight is 1270 g/mol. The van der Waals surface area contributed by atoms with Crippen molar-refractivity contribution in [3.63, 3.8) is 0 Å². The molecule has 0 saturated carbocycles. The summed E-state index contributed by atoms with van der Waals surface area (Å²) in [5.41, 5.74) is 26.9. The van der Waals surface area contributed by atoms with Crippen LogP contribution in [0.3, 0.4) is 0 Å². The fraction of sp³-hybridized carbons (Fsp3) is 0.719. The van der Waals surface area contributed by atoms with E-state index in [0.29, 0.717) is 29.3 Å². The summed E-state index contributed by atoms with van der Waals surface area (Å²) in [6.07, 6.45) is 0.767. The van der Waals surface area contributed by atoms with Crippen molar-refractivity contribution in [3.05, 3.63) is 79.6 Å². The second-order valence-corrected chi connectivity index (χ2v) is 24.5. The number of thiazole rings is 3. The van der Waals surface area contributed by atoms with Crippen LogP contribution in [-0.4, -0.2) is 158 Å². The molecule has 0 aliphatic rings. The lowest BCUT2D eigenvalue weighted by Gasteiger charge is -2.35. The molecule has 3 aromatic heterocycles. The predicted octanol–water partition coefficient (Wildman–Crippen LogP) is 12.0. The van der Waals surface area contributed by atoms with Gasteiger partial charge in [-0.3, -0.25) is 19.2 Å². The molecule has 30 heteroatoms. The van der Waals surface area contributed by atoms with Gasteiger partial charge in [-0.05, 0) is 72.9 Å². The second kappa shape index (κ2) is 39.9. The highest BCUT2D eigenvalue weighted by Gasteiger charge is 2.36. The molecule has 0 saturated heterocycles. The van der Waals surface area contributed by atoms with Gasteiger partial charge in [0.25, 0.3) is 0 Å². The number of rotatable bonds is 33. The SMILES string of the molecule is CCOC(=O)c1csc(C(=O)CC(C(C)C)N(C)C(=O)[C@@H](N=[N+]=[N-])C(C)CC)n1.CCOC(=O)c1csc([C@H](O)C[C@@H](C(C)C)N(C)C(=O)[C@@H](N=[N+]=[N-])C(C)CC)n1.CCOC(=O)c1csc([C@H](O)C[C@H](C(C)C)N(C)C(=O)[C@@H](N=[N+]=[N-])C(C)CC)n1. The van der Waals surface area contributed by atoms with Crippen molar-refractivity contribution in [2.45, 2.75) is 191 Å². The summed E-state index contributed by atoms with van der Waals surface area (Å²) in [7, 11) is 4.94. The van der Waals surface area contributed by atoms with Crippen LogP contribution in [-0.2, 0) is 28.6 Å². The minimum absolute atomic E-state index is 0.0129. The molecule has 0 fully saturated rings. The van der Waals surface area contributed by atoms with Crippen LogP contribution in [0.1, 0.15) is 206 Å². The Morgan fingerprint density at radius 1 is 0.494 bits per heavy atom. The van der Waals surface area contributed by atoms with Gasteiger partial charge in [-0.1, -0.05) is 118 Å². The second-order valence-electron chi connectivity index (χ2n) is 21.9. The molecule has 11 atom stereocenters. The summed E-state index contributed by atoms with van der Waals surface area (Å²) < 4.78 is 14.7. The number of carbonyl (C=O) groups is 7. The normalized spacial score (nSPS) is 14.7. The van der Waals surface area contributed by atoms with Crippen LogP contribution in [0.25, 0.3) is 31.3 Å². The van der Waals surface area contributed by atoms with E-state index < -0.39 is 54.3 Å². The lowest BCUT2D eigenvalue weighted by atomic mass is 9.93. The number of aromatic nitrogens is 3. The molecular formula is C57H91N15O12S3. The van der Waals surface area contributed by atoms with Gasteiger partial charge in [-0.15, -0.1) is 34.0 Å². The third-order valence-electron chi connectivity index (χ3n) is 14.8. The number of likely N-dealkylation sites (N-methyl/N-ethyl adjacent to an activating group) is 3. The zero-order valence-corrected chi connectivity index (χ0v) is 56.0. The van der Waals surface area contributed by atoms with Gasteiger partial charge in [-0.2, -0.15) is 0 Å². The fourth-order valence-electron chi connectivity index (χ4n) is 8.86. The number of carbonyl (C=O) groups excluding carboxylic acids is 7. The van der Waals surface area contributed by atoms with Crippen LogP contribution < -0.4 is 0 Å². The summed E-state index contributed by atoms with van der Waals surface area (Å²) in [4.78, 5) is 112. The smallest absolute Gasteiger partial charge is 0.357 e. The van der Waals surface area contributed by atoms with Crippen molar-refractivity contribution in [2.75, 3.05) is 41.0 Å². The number of hydrogen-bond donors (Lipinski definition) is 2. The maximum Gasteiger partial charge on any atom is 0.357 e. The zero-order valence-electron chi connectivity index (χ0n) is 53.6. The first-order chi connectivity index (χ1) is 41.0. The van der Waals surface area contributed by atoms with E-state index in [1.165, 1.54) is 33.0 Å². The van der Waals surface area contributed by atoms with Crippen molar-refractivity contribution in [1.29, 1.82) is 0 Å². The van der Waals surface area contributed by atoms with Gasteiger partial charge in [-0.25, -0.2) is 29.3 Å². The van der Waals surface area contributed by atoms with E-state index >= 15 is 0 Å². The Morgan fingerprint density at radius 2 is 0.782 bits per heavy atom. The Bertz CT molecular complexity index is 2700. The molecule has 27 nitrogen and oxygen atoms in total. The number of ether oxygens (including phenoxy) is 3. The first-order valence-corrected chi connectivity index (χ1v) is 31.9. The molecule has 0 spiro atoms. The summed E-state index contributed by atoms with van der Waals surface area (Å²) in [6.45, 7) is 28.9. The van der Waals surface area contributed by atoms with Crippen LogP contribution >= 0.6 is 34.0 Å². The van der Waals surface area contributed by atoms with E-state index in [9.17, 15) is 43.8 Å². The van der Waals surface area contributed by atoms with Crippen molar-refractivity contribution in [1.82, 2.24) is 29.7 Å². The molecule has 0 bridgehead atoms. The van der Waals surface area contributed by atoms with Crippen molar-refractivity contribution >= 4 is 75.4 Å². The van der Waals surface area contributed by atoms with Gasteiger partial charge >= 0.3 is 17.9 Å². The highest BCUT2D eigenvalue weighted by Crippen LogP contribution is 2.31. The van der Waals surface area contributed by atoms with E-state index in [2.05, 4.69) is 45.0 Å². The van der Waals surface area contributed by atoms with Gasteiger partial charge in [0, 0.05) is 89.4 Å². The van der Waals surface area contributed by atoms with Crippen LogP contribution in [0.4, 0.5) is 0 Å². The van der Waals surface area contributed by atoms with E-state index in [1.54, 1.807) is 62.5 Å². The Morgan fingerprint density at radius 3 is 1.06 bits per heavy atom. The number of aliphatic hydroxyl groups is 2. The van der Waals surface area contributed by atoms with E-state index in [1.807, 2.05) is 83.1 Å². The van der Waals surface area contributed by atoms with Crippen LogP contribution in [0.2, 0.25) is 0 Å². The highest BCUT2D eigenvalue weighted by atomic mass is 32.1. The lowest BCUT2D eigenvalue weighted by Crippen LogP contribution is -2.47. The summed E-state index contributed by atoms with van der Waals surface area (Å²) >= 11 is 3.43. The third-order valence-corrected chi connectivity index (χ3v) is 17.6. The molecule has 484 valence electrons. The minimum atomic E-state index is -0.938. The number of azide groups is 3. The van der Waals surface area contributed by atoms with Crippen molar-refractivity contribution in [2.24, 2.45) is 50.9 Å². The highest BCUT2D eigenvalue weighted by molar-refractivity contribution is 7.12. The Labute approximate surface area is 522 Å². The largest absolute Gasteiger partial charge is 0.461 e.